The molecule has 0 amide bonds. The largest absolute Gasteiger partial charge is 0.462 e. The number of hydrogen-bond donors (Lipinski definition) is 0. The quantitative estimate of drug-likeness (QED) is 0.586. The van der Waals surface area contributed by atoms with Crippen molar-refractivity contribution in [2.75, 3.05) is 0 Å². The molecule has 0 N–H and O–H groups in total. The summed E-state index contributed by atoms with van der Waals surface area (Å²) in [6.07, 6.45) is 13.6. The van der Waals surface area contributed by atoms with Crippen LogP contribution in [0.1, 0.15) is 57.8 Å². The third-order valence-corrected chi connectivity index (χ3v) is 5.09. The number of carbonyl (C=O) groups excluding carboxylic acids is 2. The van der Waals surface area contributed by atoms with Crippen LogP contribution in [0.3, 0.4) is 0 Å². The van der Waals surface area contributed by atoms with E-state index in [1.165, 1.54) is 32.1 Å². The molecule has 110 valence electrons. The first-order valence-electron chi connectivity index (χ1n) is 8.15. The number of hydrogen-bond acceptors (Lipinski definition) is 3. The molecule has 0 aromatic heterocycles. The lowest BCUT2D eigenvalue weighted by atomic mass is 9.90. The Balaban J connectivity index is 1.47. The van der Waals surface area contributed by atoms with Gasteiger partial charge in [0.25, 0.3) is 0 Å². The van der Waals surface area contributed by atoms with Gasteiger partial charge in [0.15, 0.2) is 0 Å². The Morgan fingerprint density at radius 1 is 1.10 bits per heavy atom. The van der Waals surface area contributed by atoms with Gasteiger partial charge in [-0.15, -0.1) is 0 Å². The number of ketones is 1. The summed E-state index contributed by atoms with van der Waals surface area (Å²) in [7, 11) is 0. The predicted octanol–water partition coefficient (Wildman–Crippen LogP) is 3.42. The molecule has 2 bridgehead atoms. The third-order valence-electron chi connectivity index (χ3n) is 5.09. The summed E-state index contributed by atoms with van der Waals surface area (Å²) in [5.74, 6) is 0.491. The number of allylic oxidation sites excluding steroid dienone is 2. The highest BCUT2D eigenvalue weighted by atomic mass is 16.5. The molecule has 3 atom stereocenters. The Bertz CT molecular complexity index is 404. The lowest BCUT2D eigenvalue weighted by Crippen LogP contribution is -2.23. The van der Waals surface area contributed by atoms with Gasteiger partial charge < -0.3 is 4.74 Å². The normalized spacial score (nSPS) is 34.0. The zero-order chi connectivity index (χ0) is 13.9. The van der Waals surface area contributed by atoms with Crippen molar-refractivity contribution in [2.24, 2.45) is 17.8 Å². The Labute approximate surface area is 120 Å². The van der Waals surface area contributed by atoms with Crippen molar-refractivity contribution in [2.45, 2.75) is 63.9 Å². The van der Waals surface area contributed by atoms with E-state index in [9.17, 15) is 9.59 Å². The first kappa shape index (κ1) is 13.8. The van der Waals surface area contributed by atoms with Gasteiger partial charge in [0.1, 0.15) is 11.9 Å². The molecule has 0 aromatic carbocycles. The minimum absolute atomic E-state index is 0.00937. The van der Waals surface area contributed by atoms with Gasteiger partial charge in [0.05, 0.1) is 0 Å². The van der Waals surface area contributed by atoms with Crippen LogP contribution >= 0.6 is 0 Å². The monoisotopic (exact) mass is 276 g/mol. The van der Waals surface area contributed by atoms with Crippen LogP contribution in [0.5, 0.6) is 0 Å². The maximum Gasteiger partial charge on any atom is 0.306 e. The number of ether oxygens (including phenoxy) is 1. The van der Waals surface area contributed by atoms with Crippen LogP contribution in [-0.2, 0) is 14.3 Å². The van der Waals surface area contributed by atoms with Crippen LogP contribution in [0.2, 0.25) is 0 Å². The SMILES string of the molecule is O=C(CC1CC2C=CC1C2=O)OC1CCCCCCC1. The van der Waals surface area contributed by atoms with Gasteiger partial charge in [-0.3, -0.25) is 9.59 Å². The first-order valence-corrected chi connectivity index (χ1v) is 8.15. The van der Waals surface area contributed by atoms with E-state index < -0.39 is 0 Å². The molecule has 0 aliphatic heterocycles. The first-order chi connectivity index (χ1) is 9.74. The van der Waals surface area contributed by atoms with Crippen molar-refractivity contribution in [3.05, 3.63) is 12.2 Å². The summed E-state index contributed by atoms with van der Waals surface area (Å²) in [4.78, 5) is 23.9. The topological polar surface area (TPSA) is 43.4 Å². The fraction of sp³-hybridized carbons (Fsp3) is 0.765. The van der Waals surface area contributed by atoms with E-state index in [4.69, 9.17) is 4.74 Å². The molecule has 3 aliphatic carbocycles. The molecule has 2 saturated carbocycles. The van der Waals surface area contributed by atoms with E-state index in [2.05, 4.69) is 0 Å². The molecule has 0 saturated heterocycles. The molecule has 3 heteroatoms. The van der Waals surface area contributed by atoms with Gasteiger partial charge >= 0.3 is 5.97 Å². The Kier molecular flexibility index (Phi) is 4.23. The molecular weight excluding hydrogens is 252 g/mol. The van der Waals surface area contributed by atoms with Gasteiger partial charge in [-0.1, -0.05) is 31.4 Å². The Morgan fingerprint density at radius 2 is 1.80 bits per heavy atom. The second-order valence-electron chi connectivity index (χ2n) is 6.58. The van der Waals surface area contributed by atoms with Gasteiger partial charge in [-0.05, 0) is 38.0 Å². The zero-order valence-corrected chi connectivity index (χ0v) is 12.1. The van der Waals surface area contributed by atoms with Crippen LogP contribution in [0, 0.1) is 17.8 Å². The van der Waals surface area contributed by atoms with Crippen LogP contribution in [0.4, 0.5) is 0 Å². The number of esters is 1. The molecule has 0 spiro atoms. The lowest BCUT2D eigenvalue weighted by Gasteiger charge is -2.22. The van der Waals surface area contributed by atoms with E-state index in [-0.39, 0.29) is 29.8 Å². The average Bonchev–Trinajstić information content (AvgIpc) is 2.88. The van der Waals surface area contributed by atoms with E-state index in [1.807, 2.05) is 12.2 Å². The lowest BCUT2D eigenvalue weighted by molar-refractivity contribution is -0.151. The van der Waals surface area contributed by atoms with Gasteiger partial charge in [0, 0.05) is 18.3 Å². The second-order valence-corrected chi connectivity index (χ2v) is 6.58. The van der Waals surface area contributed by atoms with Crippen LogP contribution in [0.25, 0.3) is 0 Å². The van der Waals surface area contributed by atoms with Crippen molar-refractivity contribution in [3.8, 4) is 0 Å². The molecule has 3 unspecified atom stereocenters. The van der Waals surface area contributed by atoms with E-state index in [0.29, 0.717) is 12.2 Å². The zero-order valence-electron chi connectivity index (χ0n) is 12.1. The maximum absolute atomic E-state index is 12.1. The highest BCUT2D eigenvalue weighted by Crippen LogP contribution is 2.42. The standard InChI is InChI=1S/C17H24O3/c18-16(20-14-6-4-2-1-3-5-7-14)11-13-10-12-8-9-15(13)17(12)19/h8-9,12-15H,1-7,10-11H2. The molecule has 2 fully saturated rings. The summed E-state index contributed by atoms with van der Waals surface area (Å²) in [6.45, 7) is 0. The molecule has 3 aliphatic rings. The number of rotatable bonds is 3. The van der Waals surface area contributed by atoms with Gasteiger partial charge in [-0.25, -0.2) is 0 Å². The summed E-state index contributed by atoms with van der Waals surface area (Å²) < 4.78 is 5.66. The van der Waals surface area contributed by atoms with Crippen molar-refractivity contribution in [1.82, 2.24) is 0 Å². The summed E-state index contributed by atoms with van der Waals surface area (Å²) in [5.41, 5.74) is 0. The van der Waals surface area contributed by atoms with Gasteiger partial charge in [0.2, 0.25) is 0 Å². The molecule has 3 rings (SSSR count). The van der Waals surface area contributed by atoms with Crippen molar-refractivity contribution >= 4 is 11.8 Å². The van der Waals surface area contributed by atoms with E-state index in [1.54, 1.807) is 0 Å². The third kappa shape index (κ3) is 2.97. The minimum Gasteiger partial charge on any atom is -0.462 e. The summed E-state index contributed by atoms with van der Waals surface area (Å²) in [5, 5.41) is 0. The minimum atomic E-state index is -0.0886. The molecular formula is C17H24O3. The number of fused-ring (bicyclic) bond motifs is 2. The molecule has 20 heavy (non-hydrogen) atoms. The Hall–Kier alpha value is -1.12. The predicted molar refractivity (Wildman–Crippen MR) is 76.1 cm³/mol. The molecule has 3 nitrogen and oxygen atoms in total. The fourth-order valence-corrected chi connectivity index (χ4v) is 3.94. The highest BCUT2D eigenvalue weighted by Gasteiger charge is 2.44. The summed E-state index contributed by atoms with van der Waals surface area (Å²) >= 11 is 0. The second kappa shape index (κ2) is 6.11. The fourth-order valence-electron chi connectivity index (χ4n) is 3.94. The molecule has 0 aromatic rings. The van der Waals surface area contributed by atoms with Crippen LogP contribution in [0.15, 0.2) is 12.2 Å². The van der Waals surface area contributed by atoms with E-state index in [0.717, 1.165) is 19.3 Å². The van der Waals surface area contributed by atoms with Crippen molar-refractivity contribution < 1.29 is 14.3 Å². The maximum atomic E-state index is 12.1. The molecule has 0 radical (unpaired) electrons. The van der Waals surface area contributed by atoms with Crippen molar-refractivity contribution in [1.29, 1.82) is 0 Å². The van der Waals surface area contributed by atoms with E-state index >= 15 is 0 Å². The number of Topliss-reactive ketones (excluding diaryl/α,β-unsaturated/α-hetero) is 1. The van der Waals surface area contributed by atoms with Crippen LogP contribution in [-0.4, -0.2) is 17.9 Å². The number of carbonyl (C=O) groups is 2. The summed E-state index contributed by atoms with van der Waals surface area (Å²) in [6, 6.07) is 0. The van der Waals surface area contributed by atoms with Crippen LogP contribution < -0.4 is 0 Å². The molecule has 0 heterocycles. The van der Waals surface area contributed by atoms with Crippen molar-refractivity contribution in [3.63, 3.8) is 0 Å². The Morgan fingerprint density at radius 3 is 2.40 bits per heavy atom. The average molecular weight is 276 g/mol. The highest BCUT2D eigenvalue weighted by molar-refractivity contribution is 5.92. The smallest absolute Gasteiger partial charge is 0.306 e. The van der Waals surface area contributed by atoms with Gasteiger partial charge in [-0.2, -0.15) is 0 Å².